The summed E-state index contributed by atoms with van der Waals surface area (Å²) in [7, 11) is 0. The van der Waals surface area contributed by atoms with E-state index in [1.807, 2.05) is 84.9 Å². The first-order valence-electron chi connectivity index (χ1n) is 9.13. The molecule has 0 spiro atoms. The first kappa shape index (κ1) is 18.4. The third kappa shape index (κ3) is 6.43. The molecule has 1 unspecified atom stereocenters. The molecule has 0 fully saturated rings. The summed E-state index contributed by atoms with van der Waals surface area (Å²) in [6, 6.07) is 28.1. The van der Waals surface area contributed by atoms with Crippen molar-refractivity contribution in [3.63, 3.8) is 0 Å². The minimum Gasteiger partial charge on any atom is -0.478 e. The molecule has 3 aromatic carbocycles. The smallest absolute Gasteiger partial charge is 0.160 e. The Morgan fingerprint density at radius 2 is 1.33 bits per heavy atom. The molecule has 0 saturated carbocycles. The highest BCUT2D eigenvalue weighted by atomic mass is 16.5. The van der Waals surface area contributed by atoms with Crippen LogP contribution in [0.5, 0.6) is 5.75 Å². The molecule has 0 heterocycles. The molecule has 0 amide bonds. The van der Waals surface area contributed by atoms with Crippen molar-refractivity contribution in [3.05, 3.63) is 102 Å². The van der Waals surface area contributed by atoms with Gasteiger partial charge in [-0.25, -0.2) is 0 Å². The van der Waals surface area contributed by atoms with Gasteiger partial charge in [0.2, 0.25) is 0 Å². The van der Waals surface area contributed by atoms with Crippen molar-refractivity contribution in [1.82, 2.24) is 0 Å². The second-order valence-electron chi connectivity index (χ2n) is 6.26. The van der Waals surface area contributed by atoms with Gasteiger partial charge in [-0.2, -0.15) is 0 Å². The predicted octanol–water partition coefficient (Wildman–Crippen LogP) is 5.63. The average Bonchev–Trinajstić information content (AvgIpc) is 2.72. The minimum atomic E-state index is -0.196. The normalized spacial score (nSPS) is 10.7. The van der Waals surface area contributed by atoms with E-state index in [0.29, 0.717) is 0 Å². The van der Waals surface area contributed by atoms with E-state index >= 15 is 0 Å². The van der Waals surface area contributed by atoms with E-state index in [1.165, 1.54) is 5.56 Å². The molecule has 3 aromatic rings. The van der Waals surface area contributed by atoms with Crippen molar-refractivity contribution in [3.8, 4) is 29.4 Å². The van der Waals surface area contributed by atoms with Crippen LogP contribution in [0.15, 0.2) is 84.9 Å². The van der Waals surface area contributed by atoms with E-state index in [-0.39, 0.29) is 6.10 Å². The number of hydrogen-bond acceptors (Lipinski definition) is 1. The lowest BCUT2D eigenvalue weighted by Crippen LogP contribution is -2.14. The summed E-state index contributed by atoms with van der Waals surface area (Å²) >= 11 is 0. The van der Waals surface area contributed by atoms with E-state index in [0.717, 1.165) is 29.7 Å². The second kappa shape index (κ2) is 9.91. The van der Waals surface area contributed by atoms with E-state index in [9.17, 15) is 0 Å². The van der Waals surface area contributed by atoms with Crippen LogP contribution in [-0.4, -0.2) is 6.10 Å². The van der Waals surface area contributed by atoms with Gasteiger partial charge in [0.05, 0.1) is 0 Å². The fourth-order valence-electron chi connectivity index (χ4n) is 2.52. The Labute approximate surface area is 162 Å². The van der Waals surface area contributed by atoms with Gasteiger partial charge in [-0.3, -0.25) is 0 Å². The van der Waals surface area contributed by atoms with Crippen molar-refractivity contribution in [2.45, 2.75) is 25.9 Å². The summed E-state index contributed by atoms with van der Waals surface area (Å²) in [5, 5.41) is 0. The van der Waals surface area contributed by atoms with Crippen LogP contribution in [0.3, 0.4) is 0 Å². The lowest BCUT2D eigenvalue weighted by molar-refractivity contribution is 0.249. The van der Waals surface area contributed by atoms with Crippen LogP contribution in [0.4, 0.5) is 0 Å². The molecule has 0 radical (unpaired) electrons. The Hall–Kier alpha value is -3.42. The van der Waals surface area contributed by atoms with Crippen LogP contribution in [0.25, 0.3) is 0 Å². The second-order valence-corrected chi connectivity index (χ2v) is 6.26. The molecular weight excluding hydrogens is 328 g/mol. The van der Waals surface area contributed by atoms with E-state index in [1.54, 1.807) is 0 Å². The summed E-state index contributed by atoms with van der Waals surface area (Å²) in [4.78, 5) is 0. The molecule has 1 atom stereocenters. The van der Waals surface area contributed by atoms with Crippen molar-refractivity contribution in [2.75, 3.05) is 0 Å². The number of benzene rings is 3. The summed E-state index contributed by atoms with van der Waals surface area (Å²) in [5.74, 6) is 13.7. The van der Waals surface area contributed by atoms with Crippen molar-refractivity contribution < 1.29 is 4.74 Å². The SMILES string of the molecule is Cc1ccc(OC(C#Cc2ccccc2)CCC#Cc2ccccc2)cc1. The summed E-state index contributed by atoms with van der Waals surface area (Å²) in [6.45, 7) is 2.07. The number of ether oxygens (including phenoxy) is 1. The number of hydrogen-bond donors (Lipinski definition) is 0. The van der Waals surface area contributed by atoms with Gasteiger partial charge in [-0.15, -0.1) is 0 Å². The van der Waals surface area contributed by atoms with Gasteiger partial charge < -0.3 is 4.74 Å². The standard InChI is InChI=1S/C26H22O/c1-22-16-19-26(20-17-22)27-25(21-18-24-12-6-3-7-13-24)15-9-8-14-23-10-4-2-5-11-23/h2-7,10-13,16-17,19-20,25H,9,15H2,1H3. The van der Waals surface area contributed by atoms with Crippen LogP contribution >= 0.6 is 0 Å². The molecule has 27 heavy (non-hydrogen) atoms. The lowest BCUT2D eigenvalue weighted by atomic mass is 10.1. The van der Waals surface area contributed by atoms with Crippen molar-refractivity contribution >= 4 is 0 Å². The largest absolute Gasteiger partial charge is 0.478 e. The van der Waals surface area contributed by atoms with Crippen molar-refractivity contribution in [1.29, 1.82) is 0 Å². The molecule has 1 heteroatoms. The Morgan fingerprint density at radius 1 is 0.741 bits per heavy atom. The molecule has 0 aliphatic carbocycles. The zero-order valence-electron chi connectivity index (χ0n) is 15.5. The molecule has 0 bridgehead atoms. The Bertz CT molecular complexity index is 949. The maximum absolute atomic E-state index is 6.10. The average molecular weight is 350 g/mol. The highest BCUT2D eigenvalue weighted by Crippen LogP contribution is 2.15. The third-order valence-corrected chi connectivity index (χ3v) is 3.99. The first-order chi connectivity index (χ1) is 13.3. The van der Waals surface area contributed by atoms with Crippen LogP contribution < -0.4 is 4.74 Å². The first-order valence-corrected chi connectivity index (χ1v) is 9.13. The Morgan fingerprint density at radius 3 is 1.96 bits per heavy atom. The van der Waals surface area contributed by atoms with Gasteiger partial charge in [0.15, 0.2) is 6.10 Å². The zero-order valence-corrected chi connectivity index (χ0v) is 15.5. The molecule has 0 aromatic heterocycles. The molecule has 1 nitrogen and oxygen atoms in total. The van der Waals surface area contributed by atoms with Gasteiger partial charge in [0.1, 0.15) is 5.75 Å². The quantitative estimate of drug-likeness (QED) is 0.554. The number of rotatable bonds is 4. The summed E-state index contributed by atoms with van der Waals surface area (Å²) in [6.07, 6.45) is 1.29. The monoisotopic (exact) mass is 350 g/mol. The van der Waals surface area contributed by atoms with Gasteiger partial charge in [0.25, 0.3) is 0 Å². The fourth-order valence-corrected chi connectivity index (χ4v) is 2.52. The van der Waals surface area contributed by atoms with E-state index in [4.69, 9.17) is 4.74 Å². The Balaban J connectivity index is 1.68. The lowest BCUT2D eigenvalue weighted by Gasteiger charge is -2.13. The van der Waals surface area contributed by atoms with Crippen LogP contribution in [0.1, 0.15) is 29.5 Å². The van der Waals surface area contributed by atoms with Gasteiger partial charge in [-0.05, 0) is 43.3 Å². The van der Waals surface area contributed by atoms with Crippen LogP contribution in [0, 0.1) is 30.6 Å². The topological polar surface area (TPSA) is 9.23 Å². The predicted molar refractivity (Wildman–Crippen MR) is 111 cm³/mol. The molecule has 0 aliphatic heterocycles. The van der Waals surface area contributed by atoms with Gasteiger partial charge in [0, 0.05) is 24.0 Å². The number of aryl methyl sites for hydroxylation is 1. The molecular formula is C26H22O. The maximum Gasteiger partial charge on any atom is 0.160 e. The minimum absolute atomic E-state index is 0.196. The van der Waals surface area contributed by atoms with Crippen LogP contribution in [0.2, 0.25) is 0 Å². The Kier molecular flexibility index (Phi) is 6.74. The van der Waals surface area contributed by atoms with Gasteiger partial charge in [-0.1, -0.05) is 77.8 Å². The van der Waals surface area contributed by atoms with E-state index in [2.05, 4.69) is 30.6 Å². The fraction of sp³-hybridized carbons (Fsp3) is 0.154. The maximum atomic E-state index is 6.10. The highest BCUT2D eigenvalue weighted by molar-refractivity contribution is 5.36. The molecule has 3 rings (SSSR count). The van der Waals surface area contributed by atoms with Gasteiger partial charge >= 0.3 is 0 Å². The summed E-state index contributed by atoms with van der Waals surface area (Å²) in [5.41, 5.74) is 3.23. The zero-order chi connectivity index (χ0) is 18.7. The molecule has 0 N–H and O–H groups in total. The van der Waals surface area contributed by atoms with Crippen LogP contribution in [-0.2, 0) is 0 Å². The molecule has 0 saturated heterocycles. The molecule has 132 valence electrons. The highest BCUT2D eigenvalue weighted by Gasteiger charge is 2.06. The summed E-state index contributed by atoms with van der Waals surface area (Å²) < 4.78 is 6.10. The van der Waals surface area contributed by atoms with Crippen molar-refractivity contribution in [2.24, 2.45) is 0 Å². The third-order valence-electron chi connectivity index (χ3n) is 3.99. The molecule has 0 aliphatic rings. The van der Waals surface area contributed by atoms with E-state index < -0.39 is 0 Å².